The molecule has 1 saturated heterocycles. The van der Waals surface area contributed by atoms with Crippen molar-refractivity contribution < 1.29 is 24.0 Å². The van der Waals surface area contributed by atoms with Crippen LogP contribution in [0.2, 0.25) is 0 Å². The number of carbonyl (C=O) groups excluding carboxylic acids is 1. The highest BCUT2D eigenvalue weighted by molar-refractivity contribution is 5.78. The molecule has 0 aliphatic carbocycles. The molecule has 2 heterocycles. The van der Waals surface area contributed by atoms with Crippen molar-refractivity contribution in [3.05, 3.63) is 11.7 Å². The topological polar surface area (TPSA) is 106 Å². The van der Waals surface area contributed by atoms with Gasteiger partial charge in [-0.25, -0.2) is 4.79 Å². The Labute approximate surface area is 109 Å². The van der Waals surface area contributed by atoms with Crippen molar-refractivity contribution in [3.8, 4) is 0 Å². The van der Waals surface area contributed by atoms with Crippen molar-refractivity contribution in [1.82, 2.24) is 15.0 Å². The summed E-state index contributed by atoms with van der Waals surface area (Å²) in [6, 6.07) is 0. The molecule has 1 N–H and O–H groups in total. The van der Waals surface area contributed by atoms with E-state index in [2.05, 4.69) is 10.1 Å². The molecular formula is C11H15N3O5. The number of morpholine rings is 1. The molecule has 1 fully saturated rings. The van der Waals surface area contributed by atoms with Crippen LogP contribution in [0.3, 0.4) is 0 Å². The van der Waals surface area contributed by atoms with Gasteiger partial charge in [0.05, 0.1) is 13.2 Å². The third-order valence-corrected chi connectivity index (χ3v) is 2.82. The van der Waals surface area contributed by atoms with E-state index in [-0.39, 0.29) is 25.5 Å². The van der Waals surface area contributed by atoms with Crippen LogP contribution in [0, 0.1) is 6.92 Å². The molecule has 1 aromatic heterocycles. The minimum absolute atomic E-state index is 0.0804. The standard InChI is InChI=1S/C11H15N3O5/c1-7-12-9(19-13-7)2-3-10(15)14-4-5-18-8(6-14)11(16)17/h8H,2-6H2,1H3,(H,16,17). The van der Waals surface area contributed by atoms with E-state index in [4.69, 9.17) is 14.4 Å². The number of aromatic nitrogens is 2. The molecule has 1 aliphatic heterocycles. The zero-order valence-electron chi connectivity index (χ0n) is 10.5. The van der Waals surface area contributed by atoms with Crippen molar-refractivity contribution in [2.75, 3.05) is 19.7 Å². The molecule has 104 valence electrons. The van der Waals surface area contributed by atoms with E-state index in [0.717, 1.165) is 0 Å². The van der Waals surface area contributed by atoms with Crippen LogP contribution in [0.1, 0.15) is 18.1 Å². The van der Waals surface area contributed by atoms with E-state index in [1.165, 1.54) is 4.90 Å². The highest BCUT2D eigenvalue weighted by atomic mass is 16.5. The highest BCUT2D eigenvalue weighted by Gasteiger charge is 2.28. The van der Waals surface area contributed by atoms with Gasteiger partial charge in [-0.1, -0.05) is 5.16 Å². The lowest BCUT2D eigenvalue weighted by Crippen LogP contribution is -2.48. The van der Waals surface area contributed by atoms with Gasteiger partial charge in [0.15, 0.2) is 11.9 Å². The van der Waals surface area contributed by atoms with Gasteiger partial charge in [0, 0.05) is 19.4 Å². The lowest BCUT2D eigenvalue weighted by Gasteiger charge is -2.30. The number of carbonyl (C=O) groups is 2. The van der Waals surface area contributed by atoms with E-state index < -0.39 is 12.1 Å². The number of nitrogens with zero attached hydrogens (tertiary/aromatic N) is 3. The minimum atomic E-state index is -1.05. The van der Waals surface area contributed by atoms with Crippen molar-refractivity contribution >= 4 is 11.9 Å². The Balaban J connectivity index is 1.84. The Morgan fingerprint density at radius 2 is 2.32 bits per heavy atom. The molecular weight excluding hydrogens is 254 g/mol. The lowest BCUT2D eigenvalue weighted by molar-refractivity contribution is -0.159. The Kier molecular flexibility index (Phi) is 4.10. The summed E-state index contributed by atoms with van der Waals surface area (Å²) in [4.78, 5) is 28.2. The fourth-order valence-electron chi connectivity index (χ4n) is 1.84. The van der Waals surface area contributed by atoms with Gasteiger partial charge in [-0.3, -0.25) is 4.79 Å². The van der Waals surface area contributed by atoms with E-state index in [1.54, 1.807) is 6.92 Å². The smallest absolute Gasteiger partial charge is 0.334 e. The van der Waals surface area contributed by atoms with Crippen molar-refractivity contribution in [2.24, 2.45) is 0 Å². The maximum Gasteiger partial charge on any atom is 0.334 e. The van der Waals surface area contributed by atoms with Gasteiger partial charge < -0.3 is 19.3 Å². The maximum absolute atomic E-state index is 11.9. The van der Waals surface area contributed by atoms with Gasteiger partial charge in [-0.2, -0.15) is 4.98 Å². The molecule has 1 unspecified atom stereocenters. The summed E-state index contributed by atoms with van der Waals surface area (Å²) in [7, 11) is 0. The Morgan fingerprint density at radius 3 is 2.95 bits per heavy atom. The number of amides is 1. The van der Waals surface area contributed by atoms with Crippen LogP contribution < -0.4 is 0 Å². The first-order valence-corrected chi connectivity index (χ1v) is 5.97. The molecule has 0 radical (unpaired) electrons. The fourth-order valence-corrected chi connectivity index (χ4v) is 1.84. The summed E-state index contributed by atoms with van der Waals surface area (Å²) < 4.78 is 9.96. The van der Waals surface area contributed by atoms with Crippen LogP contribution in [0.25, 0.3) is 0 Å². The Hall–Kier alpha value is -1.96. The molecule has 0 bridgehead atoms. The SMILES string of the molecule is Cc1noc(CCC(=O)N2CCOC(C(=O)O)C2)n1. The molecule has 1 aliphatic rings. The fraction of sp³-hybridized carbons (Fsp3) is 0.636. The molecule has 8 nitrogen and oxygen atoms in total. The average molecular weight is 269 g/mol. The van der Waals surface area contributed by atoms with Crippen LogP contribution in [-0.2, 0) is 20.7 Å². The van der Waals surface area contributed by atoms with Crippen LogP contribution >= 0.6 is 0 Å². The monoisotopic (exact) mass is 269 g/mol. The average Bonchev–Trinajstić information content (AvgIpc) is 2.82. The summed E-state index contributed by atoms with van der Waals surface area (Å²) in [6.07, 6.45) is -0.369. The normalized spacial score (nSPS) is 19.4. The van der Waals surface area contributed by atoms with Crippen molar-refractivity contribution in [3.63, 3.8) is 0 Å². The van der Waals surface area contributed by atoms with Crippen LogP contribution in [0.4, 0.5) is 0 Å². The summed E-state index contributed by atoms with van der Waals surface area (Å²) in [5.41, 5.74) is 0. The van der Waals surface area contributed by atoms with E-state index in [0.29, 0.717) is 24.7 Å². The summed E-state index contributed by atoms with van der Waals surface area (Å²) in [5.74, 6) is -0.246. The summed E-state index contributed by atoms with van der Waals surface area (Å²) in [6.45, 7) is 2.43. The second-order valence-electron chi connectivity index (χ2n) is 4.27. The zero-order chi connectivity index (χ0) is 13.8. The number of hydrogen-bond acceptors (Lipinski definition) is 6. The molecule has 0 aromatic carbocycles. The largest absolute Gasteiger partial charge is 0.479 e. The molecule has 19 heavy (non-hydrogen) atoms. The summed E-state index contributed by atoms with van der Waals surface area (Å²) >= 11 is 0. The number of carboxylic acid groups (broad SMARTS) is 1. The quantitative estimate of drug-likeness (QED) is 0.794. The molecule has 0 saturated carbocycles. The first-order chi connectivity index (χ1) is 9.06. The highest BCUT2D eigenvalue weighted by Crippen LogP contribution is 2.09. The maximum atomic E-state index is 11.9. The van der Waals surface area contributed by atoms with Crippen LogP contribution in [0.5, 0.6) is 0 Å². The van der Waals surface area contributed by atoms with Gasteiger partial charge in [0.25, 0.3) is 0 Å². The van der Waals surface area contributed by atoms with E-state index in [1.807, 2.05) is 0 Å². The van der Waals surface area contributed by atoms with Crippen LogP contribution in [-0.4, -0.2) is 57.8 Å². The molecule has 1 amide bonds. The van der Waals surface area contributed by atoms with Crippen LogP contribution in [0.15, 0.2) is 4.52 Å². The first-order valence-electron chi connectivity index (χ1n) is 5.97. The van der Waals surface area contributed by atoms with E-state index in [9.17, 15) is 9.59 Å². The lowest BCUT2D eigenvalue weighted by atomic mass is 10.2. The van der Waals surface area contributed by atoms with Gasteiger partial charge in [0.2, 0.25) is 11.8 Å². The molecule has 1 aromatic rings. The number of aryl methyl sites for hydroxylation is 2. The van der Waals surface area contributed by atoms with Crippen molar-refractivity contribution in [2.45, 2.75) is 25.9 Å². The molecule has 0 spiro atoms. The van der Waals surface area contributed by atoms with Gasteiger partial charge in [-0.15, -0.1) is 0 Å². The number of carboxylic acids is 1. The second kappa shape index (κ2) is 5.79. The predicted octanol–water partition coefficient (Wildman–Crippen LogP) is -0.377. The Morgan fingerprint density at radius 1 is 1.53 bits per heavy atom. The predicted molar refractivity (Wildman–Crippen MR) is 61.3 cm³/mol. The Bertz CT molecular complexity index is 473. The van der Waals surface area contributed by atoms with Crippen molar-refractivity contribution in [1.29, 1.82) is 0 Å². The third-order valence-electron chi connectivity index (χ3n) is 2.82. The zero-order valence-corrected chi connectivity index (χ0v) is 10.5. The molecule has 1 atom stereocenters. The third kappa shape index (κ3) is 3.50. The number of hydrogen-bond donors (Lipinski definition) is 1. The van der Waals surface area contributed by atoms with Gasteiger partial charge in [-0.05, 0) is 6.92 Å². The first kappa shape index (κ1) is 13.5. The van der Waals surface area contributed by atoms with Gasteiger partial charge in [0.1, 0.15) is 0 Å². The molecule has 8 heteroatoms. The second-order valence-corrected chi connectivity index (χ2v) is 4.27. The molecule has 2 rings (SSSR count). The number of ether oxygens (including phenoxy) is 1. The van der Waals surface area contributed by atoms with Gasteiger partial charge >= 0.3 is 5.97 Å². The number of aliphatic carboxylic acids is 1. The summed E-state index contributed by atoms with van der Waals surface area (Å²) in [5, 5.41) is 12.5. The van der Waals surface area contributed by atoms with E-state index >= 15 is 0 Å². The minimum Gasteiger partial charge on any atom is -0.479 e. The number of rotatable bonds is 4.